The zero-order valence-electron chi connectivity index (χ0n) is 10.5. The molecule has 0 amide bonds. The molecule has 0 bridgehead atoms. The maximum atomic E-state index is 6.39. The smallest absolute Gasteiger partial charge is 0.126 e. The van der Waals surface area contributed by atoms with E-state index in [2.05, 4.69) is 39.4 Å². The van der Waals surface area contributed by atoms with Crippen molar-refractivity contribution in [2.24, 2.45) is 0 Å². The quantitative estimate of drug-likeness (QED) is 0.848. The maximum Gasteiger partial charge on any atom is 0.126 e. The Morgan fingerprint density at radius 2 is 2.17 bits per heavy atom. The van der Waals surface area contributed by atoms with Crippen molar-refractivity contribution in [1.29, 1.82) is 0 Å². The van der Waals surface area contributed by atoms with Gasteiger partial charge in [0, 0.05) is 22.5 Å². The first kappa shape index (κ1) is 12.8. The van der Waals surface area contributed by atoms with Crippen LogP contribution in [0.2, 0.25) is 0 Å². The molecule has 0 radical (unpaired) electrons. The van der Waals surface area contributed by atoms with E-state index in [1.54, 1.807) is 0 Å². The molecule has 4 heteroatoms. The van der Waals surface area contributed by atoms with E-state index in [-0.39, 0.29) is 5.60 Å². The second-order valence-electron chi connectivity index (χ2n) is 5.12. The van der Waals surface area contributed by atoms with Gasteiger partial charge >= 0.3 is 0 Å². The number of nitrogens with one attached hydrogen (secondary N) is 1. The van der Waals surface area contributed by atoms with Crippen molar-refractivity contribution in [2.45, 2.75) is 30.9 Å². The average Bonchev–Trinajstić information content (AvgIpc) is 2.38. The average molecular weight is 328 g/mol. The summed E-state index contributed by atoms with van der Waals surface area (Å²) in [5.41, 5.74) is 1.36. The number of rotatable bonds is 1. The summed E-state index contributed by atoms with van der Waals surface area (Å²) in [6.07, 6.45) is 3.43. The molecular formula is C14H18BrNOS. The number of halogens is 1. The van der Waals surface area contributed by atoms with Gasteiger partial charge in [0.15, 0.2) is 0 Å². The lowest BCUT2D eigenvalue weighted by Gasteiger charge is -2.44. The van der Waals surface area contributed by atoms with E-state index >= 15 is 0 Å². The van der Waals surface area contributed by atoms with Gasteiger partial charge in [0.1, 0.15) is 11.4 Å². The predicted molar refractivity (Wildman–Crippen MR) is 80.5 cm³/mol. The van der Waals surface area contributed by atoms with Crippen LogP contribution in [0.4, 0.5) is 0 Å². The molecule has 0 aromatic heterocycles. The predicted octanol–water partition coefficient (Wildman–Crippen LogP) is 3.76. The normalized spacial score (nSPS) is 25.6. The van der Waals surface area contributed by atoms with Crippen molar-refractivity contribution in [3.8, 4) is 5.75 Å². The van der Waals surface area contributed by atoms with Gasteiger partial charge in [-0.1, -0.05) is 22.0 Å². The first-order valence-electron chi connectivity index (χ1n) is 6.46. The highest BCUT2D eigenvalue weighted by Gasteiger charge is 2.41. The summed E-state index contributed by atoms with van der Waals surface area (Å²) in [6, 6.07) is 6.80. The molecule has 1 aromatic carbocycles. The van der Waals surface area contributed by atoms with Gasteiger partial charge in [-0.05, 0) is 43.5 Å². The SMILES string of the molecule is CNC1CC2(CCSCC2)Oc2cc(Br)ccc21. The summed E-state index contributed by atoms with van der Waals surface area (Å²) in [6.45, 7) is 0. The molecule has 18 heavy (non-hydrogen) atoms. The fourth-order valence-electron chi connectivity index (χ4n) is 2.95. The van der Waals surface area contributed by atoms with E-state index in [9.17, 15) is 0 Å². The van der Waals surface area contributed by atoms with Gasteiger partial charge in [-0.2, -0.15) is 11.8 Å². The highest BCUT2D eigenvalue weighted by Crippen LogP contribution is 2.45. The van der Waals surface area contributed by atoms with Crippen LogP contribution in [0, 0.1) is 0 Å². The summed E-state index contributed by atoms with van der Waals surface area (Å²) in [5.74, 6) is 3.50. The molecule has 2 aliphatic heterocycles. The Morgan fingerprint density at radius 1 is 1.39 bits per heavy atom. The van der Waals surface area contributed by atoms with Gasteiger partial charge in [0.05, 0.1) is 0 Å². The summed E-state index contributed by atoms with van der Waals surface area (Å²) >= 11 is 5.59. The molecule has 2 heterocycles. The summed E-state index contributed by atoms with van der Waals surface area (Å²) in [5, 5.41) is 3.45. The van der Waals surface area contributed by atoms with Crippen LogP contribution in [0.1, 0.15) is 30.9 Å². The van der Waals surface area contributed by atoms with Crippen LogP contribution in [0.3, 0.4) is 0 Å². The first-order chi connectivity index (χ1) is 8.72. The van der Waals surface area contributed by atoms with Crippen LogP contribution in [0.15, 0.2) is 22.7 Å². The molecule has 1 saturated heterocycles. The number of thioether (sulfide) groups is 1. The van der Waals surface area contributed by atoms with Gasteiger partial charge in [-0.3, -0.25) is 0 Å². The number of ether oxygens (including phenoxy) is 1. The zero-order chi connectivity index (χ0) is 12.6. The van der Waals surface area contributed by atoms with E-state index in [4.69, 9.17) is 4.74 Å². The fraction of sp³-hybridized carbons (Fsp3) is 0.571. The highest BCUT2D eigenvalue weighted by molar-refractivity contribution is 9.10. The lowest BCUT2D eigenvalue weighted by Crippen LogP contribution is -2.46. The number of benzene rings is 1. The minimum atomic E-state index is 0.0622. The van der Waals surface area contributed by atoms with Gasteiger partial charge in [0.2, 0.25) is 0 Å². The van der Waals surface area contributed by atoms with E-state index in [1.807, 2.05) is 18.8 Å². The Hall–Kier alpha value is -0.190. The van der Waals surface area contributed by atoms with Crippen molar-refractivity contribution < 1.29 is 4.74 Å². The van der Waals surface area contributed by atoms with Crippen molar-refractivity contribution in [3.63, 3.8) is 0 Å². The third-order valence-corrected chi connectivity index (χ3v) is 5.48. The molecule has 1 fully saturated rings. The molecule has 2 aliphatic rings. The summed E-state index contributed by atoms with van der Waals surface area (Å²) in [4.78, 5) is 0. The van der Waals surface area contributed by atoms with Crippen LogP contribution in [0.25, 0.3) is 0 Å². The molecule has 0 aliphatic carbocycles. The van der Waals surface area contributed by atoms with Gasteiger partial charge in [-0.15, -0.1) is 0 Å². The van der Waals surface area contributed by atoms with E-state index < -0.39 is 0 Å². The lowest BCUT2D eigenvalue weighted by molar-refractivity contribution is 0.0236. The molecule has 1 spiro atoms. The van der Waals surface area contributed by atoms with Crippen molar-refractivity contribution in [1.82, 2.24) is 5.32 Å². The topological polar surface area (TPSA) is 21.3 Å². The fourth-order valence-corrected chi connectivity index (χ4v) is 4.53. The molecule has 1 N–H and O–H groups in total. The third kappa shape index (κ3) is 2.30. The highest BCUT2D eigenvalue weighted by atomic mass is 79.9. The van der Waals surface area contributed by atoms with E-state index in [0.717, 1.165) is 16.6 Å². The monoisotopic (exact) mass is 327 g/mol. The Balaban J connectivity index is 1.97. The molecule has 0 saturated carbocycles. The van der Waals surface area contributed by atoms with Crippen molar-refractivity contribution >= 4 is 27.7 Å². The zero-order valence-corrected chi connectivity index (χ0v) is 12.9. The van der Waals surface area contributed by atoms with Crippen LogP contribution >= 0.6 is 27.7 Å². The Morgan fingerprint density at radius 3 is 2.89 bits per heavy atom. The molecular weight excluding hydrogens is 310 g/mol. The molecule has 2 nitrogen and oxygen atoms in total. The Labute approximate surface area is 121 Å². The van der Waals surface area contributed by atoms with Gasteiger partial charge < -0.3 is 10.1 Å². The van der Waals surface area contributed by atoms with Crippen molar-refractivity contribution in [3.05, 3.63) is 28.2 Å². The second-order valence-corrected chi connectivity index (χ2v) is 7.27. The summed E-state index contributed by atoms with van der Waals surface area (Å²) < 4.78 is 7.49. The molecule has 98 valence electrons. The lowest BCUT2D eigenvalue weighted by atomic mass is 9.83. The number of hydrogen-bond acceptors (Lipinski definition) is 3. The van der Waals surface area contributed by atoms with Crippen LogP contribution in [-0.4, -0.2) is 24.2 Å². The second kappa shape index (κ2) is 5.06. The molecule has 1 aromatic rings. The molecule has 3 rings (SSSR count). The van der Waals surface area contributed by atoms with E-state index in [0.29, 0.717) is 6.04 Å². The maximum absolute atomic E-state index is 6.39. The third-order valence-electron chi connectivity index (χ3n) is 4.01. The minimum Gasteiger partial charge on any atom is -0.487 e. The standard InChI is InChI=1S/C14H18BrNOS/c1-16-12-9-14(4-6-18-7-5-14)17-13-8-10(15)2-3-11(12)13/h2-3,8,12,16H,4-7,9H2,1H3. The Kier molecular flexibility index (Phi) is 3.61. The minimum absolute atomic E-state index is 0.0622. The molecule has 1 unspecified atom stereocenters. The van der Waals surface area contributed by atoms with Crippen LogP contribution in [0.5, 0.6) is 5.75 Å². The molecule has 1 atom stereocenters. The van der Waals surface area contributed by atoms with Gasteiger partial charge in [0.25, 0.3) is 0 Å². The number of fused-ring (bicyclic) bond motifs is 1. The van der Waals surface area contributed by atoms with E-state index in [1.165, 1.54) is 29.9 Å². The number of hydrogen-bond donors (Lipinski definition) is 1. The Bertz CT molecular complexity index is 445. The first-order valence-corrected chi connectivity index (χ1v) is 8.41. The van der Waals surface area contributed by atoms with Crippen LogP contribution < -0.4 is 10.1 Å². The van der Waals surface area contributed by atoms with Crippen LogP contribution in [-0.2, 0) is 0 Å². The van der Waals surface area contributed by atoms with Crippen molar-refractivity contribution in [2.75, 3.05) is 18.6 Å². The van der Waals surface area contributed by atoms with Gasteiger partial charge in [-0.25, -0.2) is 0 Å². The largest absolute Gasteiger partial charge is 0.487 e. The summed E-state index contributed by atoms with van der Waals surface area (Å²) in [7, 11) is 2.05.